The summed E-state index contributed by atoms with van der Waals surface area (Å²) in [7, 11) is 0. The lowest BCUT2D eigenvalue weighted by Gasteiger charge is -2.13. The molecule has 0 spiro atoms. The number of halogens is 1. The Labute approximate surface area is 245 Å². The lowest BCUT2D eigenvalue weighted by atomic mass is 10.0. The van der Waals surface area contributed by atoms with Gasteiger partial charge in [0.2, 0.25) is 0 Å². The number of nitrogens with zero attached hydrogens (tertiary/aromatic N) is 2. The van der Waals surface area contributed by atoms with Crippen LogP contribution in [0.15, 0.2) is 99.3 Å². The minimum absolute atomic E-state index is 0.110. The molecule has 0 radical (unpaired) electrons. The van der Waals surface area contributed by atoms with Gasteiger partial charge in [0.25, 0.3) is 5.91 Å². The molecule has 0 N–H and O–H groups in total. The van der Waals surface area contributed by atoms with E-state index < -0.39 is 0 Å². The van der Waals surface area contributed by atoms with Crippen LogP contribution in [-0.2, 0) is 16.1 Å². The lowest BCUT2D eigenvalue weighted by Crippen LogP contribution is -2.28. The second-order valence-corrected chi connectivity index (χ2v) is 10.9. The quantitative estimate of drug-likeness (QED) is 0.149. The van der Waals surface area contributed by atoms with Crippen molar-refractivity contribution in [2.75, 3.05) is 13.2 Å². The molecule has 1 saturated heterocycles. The van der Waals surface area contributed by atoms with Crippen LogP contribution in [0.3, 0.4) is 0 Å². The first-order chi connectivity index (χ1) is 19.5. The Balaban J connectivity index is 1.47. The highest BCUT2D eigenvalue weighted by Gasteiger charge is 2.32. The summed E-state index contributed by atoms with van der Waals surface area (Å²) < 4.78 is 12.3. The molecule has 0 bridgehead atoms. The Morgan fingerprint density at radius 3 is 2.45 bits per heavy atom. The van der Waals surface area contributed by atoms with Crippen LogP contribution in [0.1, 0.15) is 35.3 Å². The molecule has 0 saturated carbocycles. The van der Waals surface area contributed by atoms with Crippen LogP contribution in [0, 0.1) is 0 Å². The number of thioether (sulfide) groups is 1. The van der Waals surface area contributed by atoms with Crippen molar-refractivity contribution >= 4 is 67.3 Å². The first-order valence-corrected chi connectivity index (χ1v) is 14.5. The predicted molar refractivity (Wildman–Crippen MR) is 165 cm³/mol. The molecule has 6 nitrogen and oxygen atoms in total. The summed E-state index contributed by atoms with van der Waals surface area (Å²) in [6.07, 6.45) is 1.90. The summed E-state index contributed by atoms with van der Waals surface area (Å²) >= 11 is 4.80. The summed E-state index contributed by atoms with van der Waals surface area (Å²) in [6.45, 7) is 4.89. The number of amides is 1. The number of rotatable bonds is 8. The van der Waals surface area contributed by atoms with E-state index in [1.54, 1.807) is 36.1 Å². The maximum atomic E-state index is 13.5. The molecule has 0 atom stereocenters. The van der Waals surface area contributed by atoms with E-state index in [0.29, 0.717) is 46.8 Å². The fourth-order valence-electron chi connectivity index (χ4n) is 4.29. The van der Waals surface area contributed by atoms with Crippen LogP contribution in [0.5, 0.6) is 5.75 Å². The number of amidine groups is 1. The second kappa shape index (κ2) is 12.5. The minimum atomic E-state index is -0.374. The van der Waals surface area contributed by atoms with E-state index in [2.05, 4.69) is 15.9 Å². The number of ether oxygens (including phenoxy) is 2. The maximum absolute atomic E-state index is 13.5. The average Bonchev–Trinajstić information content (AvgIpc) is 3.27. The van der Waals surface area contributed by atoms with Gasteiger partial charge in [-0.25, -0.2) is 9.79 Å². The third-order valence-corrected chi connectivity index (χ3v) is 7.86. The van der Waals surface area contributed by atoms with Crippen LogP contribution >= 0.6 is 27.7 Å². The molecule has 8 heteroatoms. The SMILES string of the molecule is CCOC(=O)c1ccc(N=C2S/C(=C/c3c(OCc4ccc(Br)cc4)ccc4ccccc34)C(=O)N2CC)cc1. The summed E-state index contributed by atoms with van der Waals surface area (Å²) in [5.74, 6) is 0.215. The molecule has 40 heavy (non-hydrogen) atoms. The van der Waals surface area contributed by atoms with E-state index in [4.69, 9.17) is 14.5 Å². The Morgan fingerprint density at radius 2 is 1.73 bits per heavy atom. The third-order valence-electron chi connectivity index (χ3n) is 6.32. The van der Waals surface area contributed by atoms with Gasteiger partial charge < -0.3 is 9.47 Å². The monoisotopic (exact) mass is 614 g/mol. The first kappa shape index (κ1) is 27.7. The van der Waals surface area contributed by atoms with Gasteiger partial charge in [-0.2, -0.15) is 0 Å². The van der Waals surface area contributed by atoms with Gasteiger partial charge in [-0.05, 0) is 90.5 Å². The Morgan fingerprint density at radius 1 is 0.975 bits per heavy atom. The topological polar surface area (TPSA) is 68.2 Å². The van der Waals surface area contributed by atoms with Crippen molar-refractivity contribution in [3.8, 4) is 5.75 Å². The molecule has 0 unspecified atom stereocenters. The van der Waals surface area contributed by atoms with Gasteiger partial charge in [0.1, 0.15) is 12.4 Å². The fourth-order valence-corrected chi connectivity index (χ4v) is 5.60. The largest absolute Gasteiger partial charge is 0.488 e. The van der Waals surface area contributed by atoms with E-state index >= 15 is 0 Å². The number of carbonyl (C=O) groups excluding carboxylic acids is 2. The number of likely N-dealkylation sites (N-methyl/N-ethyl adjacent to an activating group) is 1. The zero-order valence-electron chi connectivity index (χ0n) is 22.1. The van der Waals surface area contributed by atoms with Crippen molar-refractivity contribution in [2.24, 2.45) is 4.99 Å². The molecule has 1 aliphatic rings. The van der Waals surface area contributed by atoms with Crippen molar-refractivity contribution in [3.05, 3.63) is 111 Å². The molecule has 4 aromatic carbocycles. The molecule has 0 aliphatic carbocycles. The number of esters is 1. The Bertz CT molecular complexity index is 1610. The van der Waals surface area contributed by atoms with Crippen LogP contribution in [-0.4, -0.2) is 35.1 Å². The Kier molecular flexibility index (Phi) is 8.67. The number of benzene rings is 4. The highest BCUT2D eigenvalue weighted by atomic mass is 79.9. The van der Waals surface area contributed by atoms with E-state index in [1.807, 2.05) is 73.7 Å². The molecule has 5 rings (SSSR count). The summed E-state index contributed by atoms with van der Waals surface area (Å²) in [5.41, 5.74) is 3.00. The molecule has 202 valence electrons. The van der Waals surface area contributed by atoms with Crippen molar-refractivity contribution in [1.29, 1.82) is 0 Å². The van der Waals surface area contributed by atoms with Gasteiger partial charge in [-0.3, -0.25) is 9.69 Å². The van der Waals surface area contributed by atoms with Crippen LogP contribution in [0.4, 0.5) is 5.69 Å². The van der Waals surface area contributed by atoms with Gasteiger partial charge >= 0.3 is 5.97 Å². The molecule has 1 aliphatic heterocycles. The molecular weight excluding hydrogens is 588 g/mol. The maximum Gasteiger partial charge on any atom is 0.338 e. The second-order valence-electron chi connectivity index (χ2n) is 8.94. The number of hydrogen-bond acceptors (Lipinski definition) is 6. The zero-order chi connectivity index (χ0) is 28.1. The molecule has 4 aromatic rings. The van der Waals surface area contributed by atoms with Gasteiger partial charge in [0.05, 0.1) is 22.8 Å². The molecule has 1 amide bonds. The first-order valence-electron chi connectivity index (χ1n) is 12.9. The van der Waals surface area contributed by atoms with Gasteiger partial charge in [-0.1, -0.05) is 58.4 Å². The number of hydrogen-bond donors (Lipinski definition) is 0. The normalized spacial score (nSPS) is 15.3. The predicted octanol–water partition coefficient (Wildman–Crippen LogP) is 7.98. The molecule has 1 fully saturated rings. The van der Waals surface area contributed by atoms with E-state index in [1.165, 1.54) is 11.8 Å². The van der Waals surface area contributed by atoms with Crippen molar-refractivity contribution < 1.29 is 19.1 Å². The number of aliphatic imine (C=N–C) groups is 1. The van der Waals surface area contributed by atoms with E-state index in [0.717, 1.165) is 26.4 Å². The minimum Gasteiger partial charge on any atom is -0.488 e. The van der Waals surface area contributed by atoms with E-state index in [-0.39, 0.29) is 11.9 Å². The van der Waals surface area contributed by atoms with Gasteiger partial charge in [-0.15, -0.1) is 0 Å². The molecule has 0 aromatic heterocycles. The number of carbonyl (C=O) groups is 2. The van der Waals surface area contributed by atoms with Crippen molar-refractivity contribution in [3.63, 3.8) is 0 Å². The molecule has 1 heterocycles. The fraction of sp³-hybridized carbons (Fsp3) is 0.156. The van der Waals surface area contributed by atoms with Crippen LogP contribution < -0.4 is 4.74 Å². The molecular formula is C32H27BrN2O4S. The third kappa shape index (κ3) is 6.13. The zero-order valence-corrected chi connectivity index (χ0v) is 24.5. The van der Waals surface area contributed by atoms with Gasteiger partial charge in [0.15, 0.2) is 5.17 Å². The Hall–Kier alpha value is -3.88. The average molecular weight is 616 g/mol. The van der Waals surface area contributed by atoms with Crippen LogP contribution in [0.2, 0.25) is 0 Å². The summed E-state index contributed by atoms with van der Waals surface area (Å²) in [5, 5.41) is 2.64. The lowest BCUT2D eigenvalue weighted by molar-refractivity contribution is -0.122. The smallest absolute Gasteiger partial charge is 0.338 e. The van der Waals surface area contributed by atoms with Crippen LogP contribution in [0.25, 0.3) is 16.8 Å². The van der Waals surface area contributed by atoms with E-state index in [9.17, 15) is 9.59 Å². The van der Waals surface area contributed by atoms with Crippen molar-refractivity contribution in [1.82, 2.24) is 4.90 Å². The summed E-state index contributed by atoms with van der Waals surface area (Å²) in [4.78, 5) is 32.4. The standard InChI is InChI=1S/C32H27BrN2O4S/c1-3-35-30(36)29(40-32(35)34-25-16-11-23(12-17-25)31(37)38-4-2)19-27-26-8-6-5-7-22(26)13-18-28(27)39-20-21-9-14-24(33)15-10-21/h5-19H,3-4,20H2,1-2H3/b29-19+,34-32?. The van der Waals surface area contributed by atoms with Crippen molar-refractivity contribution in [2.45, 2.75) is 20.5 Å². The highest BCUT2D eigenvalue weighted by Crippen LogP contribution is 2.38. The van der Waals surface area contributed by atoms with Gasteiger partial charge in [0, 0.05) is 16.6 Å². The highest BCUT2D eigenvalue weighted by molar-refractivity contribution is 9.10. The number of fused-ring (bicyclic) bond motifs is 1. The summed E-state index contributed by atoms with van der Waals surface area (Å²) in [6, 6.07) is 26.9.